The second-order valence-electron chi connectivity index (χ2n) is 4.65. The normalized spacial score (nSPS) is 12.6. The first kappa shape index (κ1) is 14.2. The van der Waals surface area contributed by atoms with Gasteiger partial charge in [0.25, 0.3) is 0 Å². The first-order chi connectivity index (χ1) is 8.29. The lowest BCUT2D eigenvalue weighted by molar-refractivity contribution is 0.162. The second-order valence-corrected chi connectivity index (χ2v) is 4.65. The van der Waals surface area contributed by atoms with Crippen molar-refractivity contribution in [3.8, 4) is 0 Å². The van der Waals surface area contributed by atoms with E-state index in [4.69, 9.17) is 0 Å². The van der Waals surface area contributed by atoms with Crippen molar-refractivity contribution in [1.82, 2.24) is 4.98 Å². The van der Waals surface area contributed by atoms with Crippen LogP contribution >= 0.6 is 0 Å². The van der Waals surface area contributed by atoms with Gasteiger partial charge < -0.3 is 5.11 Å². The average Bonchev–Trinajstić information content (AvgIpc) is 2.38. The average molecular weight is 235 g/mol. The molecule has 1 rings (SSSR count). The largest absolute Gasteiger partial charge is 0.388 e. The highest BCUT2D eigenvalue weighted by atomic mass is 16.3. The number of aliphatic hydroxyl groups excluding tert-OH is 1. The number of rotatable bonds is 8. The van der Waals surface area contributed by atoms with Crippen LogP contribution in [0.5, 0.6) is 0 Å². The van der Waals surface area contributed by atoms with Crippen LogP contribution in [0.4, 0.5) is 0 Å². The number of unbranched alkanes of at least 4 members (excludes halogenated alkanes) is 4. The highest BCUT2D eigenvalue weighted by Crippen LogP contribution is 2.23. The highest BCUT2D eigenvalue weighted by molar-refractivity contribution is 5.25. The molecule has 2 heteroatoms. The Morgan fingerprint density at radius 2 is 1.94 bits per heavy atom. The van der Waals surface area contributed by atoms with Crippen molar-refractivity contribution >= 4 is 0 Å². The van der Waals surface area contributed by atoms with Gasteiger partial charge >= 0.3 is 0 Å². The minimum absolute atomic E-state index is 0.311. The molecule has 0 aromatic carbocycles. The molecule has 0 fully saturated rings. The third-order valence-corrected chi connectivity index (χ3v) is 3.26. The summed E-state index contributed by atoms with van der Waals surface area (Å²) < 4.78 is 0. The zero-order valence-electron chi connectivity index (χ0n) is 11.2. The van der Waals surface area contributed by atoms with Crippen molar-refractivity contribution in [2.24, 2.45) is 0 Å². The number of hydrogen-bond acceptors (Lipinski definition) is 2. The van der Waals surface area contributed by atoms with E-state index in [1.807, 2.05) is 12.3 Å². The lowest BCUT2D eigenvalue weighted by atomic mass is 9.98. The molecule has 17 heavy (non-hydrogen) atoms. The molecule has 0 saturated carbocycles. The summed E-state index contributed by atoms with van der Waals surface area (Å²) in [5.74, 6) is 0. The van der Waals surface area contributed by atoms with Crippen molar-refractivity contribution in [3.63, 3.8) is 0 Å². The Morgan fingerprint density at radius 3 is 2.65 bits per heavy atom. The van der Waals surface area contributed by atoms with Gasteiger partial charge in [-0.05, 0) is 30.0 Å². The van der Waals surface area contributed by atoms with Gasteiger partial charge in [0.15, 0.2) is 0 Å². The van der Waals surface area contributed by atoms with E-state index in [1.54, 1.807) is 6.20 Å². The first-order valence-corrected chi connectivity index (χ1v) is 6.90. The Bertz CT molecular complexity index is 312. The van der Waals surface area contributed by atoms with E-state index in [1.165, 1.54) is 31.2 Å². The summed E-state index contributed by atoms with van der Waals surface area (Å²) in [6.07, 6.45) is 11.4. The van der Waals surface area contributed by atoms with Crippen molar-refractivity contribution in [1.29, 1.82) is 0 Å². The van der Waals surface area contributed by atoms with E-state index in [2.05, 4.69) is 18.8 Å². The van der Waals surface area contributed by atoms with Crippen LogP contribution in [0.2, 0.25) is 0 Å². The van der Waals surface area contributed by atoms with Crippen LogP contribution in [0.15, 0.2) is 18.5 Å². The van der Waals surface area contributed by atoms with Crippen LogP contribution in [0.3, 0.4) is 0 Å². The van der Waals surface area contributed by atoms with Gasteiger partial charge in [-0.25, -0.2) is 0 Å². The maximum atomic E-state index is 10.2. The van der Waals surface area contributed by atoms with Gasteiger partial charge in [0.1, 0.15) is 0 Å². The van der Waals surface area contributed by atoms with Gasteiger partial charge in [0, 0.05) is 12.4 Å². The molecule has 0 saturated heterocycles. The minimum atomic E-state index is -0.311. The molecule has 0 bridgehead atoms. The molecule has 0 spiro atoms. The Hall–Kier alpha value is -0.890. The first-order valence-electron chi connectivity index (χ1n) is 6.90. The molecule has 0 radical (unpaired) electrons. The van der Waals surface area contributed by atoms with Crippen LogP contribution in [0, 0.1) is 0 Å². The standard InChI is InChI=1S/C15H25NO/c1-3-5-6-7-8-9-15(17)14-10-11-16-12-13(14)4-2/h10-12,15,17H,3-9H2,1-2H3. The molecule has 1 unspecified atom stereocenters. The van der Waals surface area contributed by atoms with Crippen LogP contribution in [0.25, 0.3) is 0 Å². The summed E-state index contributed by atoms with van der Waals surface area (Å²) in [5, 5.41) is 10.2. The smallest absolute Gasteiger partial charge is 0.0793 e. The van der Waals surface area contributed by atoms with Gasteiger partial charge in [-0.15, -0.1) is 0 Å². The Labute approximate surface area is 105 Å². The summed E-state index contributed by atoms with van der Waals surface area (Å²) in [5.41, 5.74) is 2.24. The summed E-state index contributed by atoms with van der Waals surface area (Å²) in [4.78, 5) is 4.11. The number of nitrogens with zero attached hydrogens (tertiary/aromatic N) is 1. The zero-order valence-corrected chi connectivity index (χ0v) is 11.2. The minimum Gasteiger partial charge on any atom is -0.388 e. The number of hydrogen-bond donors (Lipinski definition) is 1. The van der Waals surface area contributed by atoms with Crippen molar-refractivity contribution < 1.29 is 5.11 Å². The summed E-state index contributed by atoms with van der Waals surface area (Å²) in [7, 11) is 0. The molecule has 96 valence electrons. The Morgan fingerprint density at radius 1 is 1.18 bits per heavy atom. The zero-order chi connectivity index (χ0) is 12.5. The van der Waals surface area contributed by atoms with E-state index in [0.717, 1.165) is 24.8 Å². The van der Waals surface area contributed by atoms with Gasteiger partial charge in [-0.1, -0.05) is 46.0 Å². The second kappa shape index (κ2) is 8.24. The van der Waals surface area contributed by atoms with Crippen LogP contribution in [-0.4, -0.2) is 10.1 Å². The van der Waals surface area contributed by atoms with Gasteiger partial charge in [-0.3, -0.25) is 4.98 Å². The number of aliphatic hydroxyl groups is 1. The van der Waals surface area contributed by atoms with Gasteiger partial charge in [0.05, 0.1) is 6.10 Å². The summed E-state index contributed by atoms with van der Waals surface area (Å²) in [6, 6.07) is 1.95. The fourth-order valence-electron chi connectivity index (χ4n) is 2.16. The van der Waals surface area contributed by atoms with Crippen molar-refractivity contribution in [3.05, 3.63) is 29.6 Å². The summed E-state index contributed by atoms with van der Waals surface area (Å²) in [6.45, 7) is 4.33. The van der Waals surface area contributed by atoms with Crippen LogP contribution in [-0.2, 0) is 6.42 Å². The van der Waals surface area contributed by atoms with E-state index in [-0.39, 0.29) is 6.10 Å². The van der Waals surface area contributed by atoms with Gasteiger partial charge in [0.2, 0.25) is 0 Å². The fourth-order valence-corrected chi connectivity index (χ4v) is 2.16. The number of aromatic nitrogens is 1. The SMILES string of the molecule is CCCCCCCC(O)c1ccncc1CC. The molecule has 0 aliphatic rings. The Balaban J connectivity index is 2.38. The number of aryl methyl sites for hydroxylation is 1. The molecule has 2 nitrogen and oxygen atoms in total. The van der Waals surface area contributed by atoms with Crippen molar-refractivity contribution in [2.45, 2.75) is 64.9 Å². The molecule has 0 amide bonds. The topological polar surface area (TPSA) is 33.1 Å². The monoisotopic (exact) mass is 235 g/mol. The third-order valence-electron chi connectivity index (χ3n) is 3.26. The maximum absolute atomic E-state index is 10.2. The third kappa shape index (κ3) is 4.86. The van der Waals surface area contributed by atoms with Crippen LogP contribution < -0.4 is 0 Å². The van der Waals surface area contributed by atoms with E-state index < -0.39 is 0 Å². The predicted molar refractivity (Wildman–Crippen MR) is 72.0 cm³/mol. The van der Waals surface area contributed by atoms with E-state index in [0.29, 0.717) is 0 Å². The summed E-state index contributed by atoms with van der Waals surface area (Å²) >= 11 is 0. The van der Waals surface area contributed by atoms with Gasteiger partial charge in [-0.2, -0.15) is 0 Å². The molecule has 1 atom stereocenters. The molecule has 1 N–H and O–H groups in total. The predicted octanol–water partition coefficient (Wildman–Crippen LogP) is 4.04. The molecule has 0 aliphatic heterocycles. The molecule has 0 aliphatic carbocycles. The number of pyridine rings is 1. The maximum Gasteiger partial charge on any atom is 0.0793 e. The quantitative estimate of drug-likeness (QED) is 0.690. The molecule has 1 heterocycles. The highest BCUT2D eigenvalue weighted by Gasteiger charge is 2.10. The fraction of sp³-hybridized carbons (Fsp3) is 0.667. The van der Waals surface area contributed by atoms with E-state index in [9.17, 15) is 5.11 Å². The molecule has 1 aromatic rings. The molecular weight excluding hydrogens is 210 g/mol. The van der Waals surface area contributed by atoms with E-state index >= 15 is 0 Å². The lowest BCUT2D eigenvalue weighted by Crippen LogP contribution is -2.02. The van der Waals surface area contributed by atoms with Crippen LogP contribution in [0.1, 0.15) is 69.6 Å². The van der Waals surface area contributed by atoms with Crippen molar-refractivity contribution in [2.75, 3.05) is 0 Å². The molecular formula is C15H25NO. The lowest BCUT2D eigenvalue weighted by Gasteiger charge is -2.14. The Kier molecular flexibility index (Phi) is 6.87. The molecule has 1 aromatic heterocycles.